The smallest absolute Gasteiger partial charge is 0.318 e. The summed E-state index contributed by atoms with van der Waals surface area (Å²) in [5.41, 5.74) is 0.360. The van der Waals surface area contributed by atoms with Crippen molar-refractivity contribution in [1.29, 1.82) is 0 Å². The van der Waals surface area contributed by atoms with Crippen molar-refractivity contribution in [2.75, 3.05) is 45.9 Å². The van der Waals surface area contributed by atoms with Crippen LogP contribution in [0.1, 0.15) is 37.9 Å². The second-order valence-corrected chi connectivity index (χ2v) is 9.94. The summed E-state index contributed by atoms with van der Waals surface area (Å²) in [4.78, 5) is 32.0. The molecule has 1 aromatic carbocycles. The third-order valence-corrected chi connectivity index (χ3v) is 5.67. The lowest BCUT2D eigenvalue weighted by Crippen LogP contribution is -2.53. The van der Waals surface area contributed by atoms with Gasteiger partial charge in [-0.2, -0.15) is 0 Å². The van der Waals surface area contributed by atoms with Gasteiger partial charge in [0.05, 0.1) is 19.8 Å². The molecule has 0 atom stereocenters. The normalized spacial score (nSPS) is 14.5. The van der Waals surface area contributed by atoms with E-state index < -0.39 is 5.54 Å². The Kier molecular flexibility index (Phi) is 9.28. The predicted molar refractivity (Wildman–Crippen MR) is 131 cm³/mol. The van der Waals surface area contributed by atoms with Crippen LogP contribution in [0.15, 0.2) is 40.8 Å². The number of hydrogen-bond donors (Lipinski definition) is 1. The predicted octanol–water partition coefficient (Wildman–Crippen LogP) is 3.40. The van der Waals surface area contributed by atoms with E-state index in [9.17, 15) is 14.0 Å². The first-order valence-corrected chi connectivity index (χ1v) is 12.0. The van der Waals surface area contributed by atoms with Gasteiger partial charge in [-0.15, -0.1) is 0 Å². The van der Waals surface area contributed by atoms with Gasteiger partial charge in [0.1, 0.15) is 23.9 Å². The second kappa shape index (κ2) is 12.2. The highest BCUT2D eigenvalue weighted by Gasteiger charge is 2.26. The Morgan fingerprint density at radius 3 is 2.31 bits per heavy atom. The minimum absolute atomic E-state index is 0.0763. The van der Waals surface area contributed by atoms with Crippen molar-refractivity contribution in [3.8, 4) is 0 Å². The molecule has 3 rings (SSSR count). The van der Waals surface area contributed by atoms with Crippen LogP contribution in [0.3, 0.4) is 0 Å². The number of rotatable bonds is 9. The van der Waals surface area contributed by atoms with Gasteiger partial charge >= 0.3 is 6.03 Å². The van der Waals surface area contributed by atoms with E-state index >= 15 is 0 Å². The van der Waals surface area contributed by atoms with E-state index in [0.717, 1.165) is 24.4 Å². The highest BCUT2D eigenvalue weighted by Crippen LogP contribution is 2.15. The summed E-state index contributed by atoms with van der Waals surface area (Å²) < 4.78 is 24.5. The van der Waals surface area contributed by atoms with Crippen molar-refractivity contribution in [1.82, 2.24) is 20.0 Å². The molecule has 3 amide bonds. The number of amides is 3. The first kappa shape index (κ1) is 26.7. The first-order chi connectivity index (χ1) is 16.6. The van der Waals surface area contributed by atoms with Crippen LogP contribution in [0.5, 0.6) is 0 Å². The van der Waals surface area contributed by atoms with Crippen molar-refractivity contribution in [3.05, 3.63) is 59.3 Å². The van der Waals surface area contributed by atoms with E-state index in [1.807, 2.05) is 39.8 Å². The summed E-state index contributed by atoms with van der Waals surface area (Å²) in [6, 6.07) is 9.47. The van der Waals surface area contributed by atoms with Gasteiger partial charge in [-0.1, -0.05) is 12.1 Å². The van der Waals surface area contributed by atoms with E-state index in [1.54, 1.807) is 21.9 Å². The number of aryl methyl sites for hydroxylation is 1. The minimum Gasteiger partial charge on any atom is -0.464 e. The molecule has 1 aliphatic heterocycles. The number of nitrogens with one attached hydrogen (secondary N) is 1. The van der Waals surface area contributed by atoms with Crippen molar-refractivity contribution < 1.29 is 23.1 Å². The van der Waals surface area contributed by atoms with Crippen LogP contribution >= 0.6 is 0 Å². The lowest BCUT2D eigenvalue weighted by Gasteiger charge is -2.33. The molecule has 0 saturated carbocycles. The van der Waals surface area contributed by atoms with Crippen molar-refractivity contribution >= 4 is 11.9 Å². The van der Waals surface area contributed by atoms with Gasteiger partial charge in [0.25, 0.3) is 0 Å². The molecule has 0 aliphatic carbocycles. The molecule has 0 radical (unpaired) electrons. The molecule has 9 heteroatoms. The van der Waals surface area contributed by atoms with E-state index in [-0.39, 0.29) is 37.4 Å². The number of carbonyl (C=O) groups is 2. The van der Waals surface area contributed by atoms with Crippen LogP contribution in [0.4, 0.5) is 9.18 Å². The average molecular weight is 489 g/mol. The van der Waals surface area contributed by atoms with E-state index in [2.05, 4.69) is 10.2 Å². The van der Waals surface area contributed by atoms with Crippen LogP contribution < -0.4 is 5.32 Å². The highest BCUT2D eigenvalue weighted by atomic mass is 19.1. The maximum Gasteiger partial charge on any atom is 0.318 e. The number of ether oxygens (including phenoxy) is 1. The number of morpholine rings is 1. The third kappa shape index (κ3) is 8.99. The summed E-state index contributed by atoms with van der Waals surface area (Å²) in [5.74, 6) is 0.860. The molecule has 1 aliphatic rings. The Morgan fingerprint density at radius 1 is 1.03 bits per heavy atom. The van der Waals surface area contributed by atoms with E-state index in [4.69, 9.17) is 9.15 Å². The fourth-order valence-corrected chi connectivity index (χ4v) is 3.80. The Hall–Kier alpha value is -2.91. The van der Waals surface area contributed by atoms with Crippen molar-refractivity contribution in [2.24, 2.45) is 0 Å². The highest BCUT2D eigenvalue weighted by molar-refractivity contribution is 5.84. The Balaban J connectivity index is 1.74. The van der Waals surface area contributed by atoms with Crippen LogP contribution in [-0.4, -0.2) is 78.1 Å². The molecule has 1 saturated heterocycles. The molecule has 1 aromatic heterocycles. The van der Waals surface area contributed by atoms with E-state index in [1.165, 1.54) is 12.1 Å². The quantitative estimate of drug-likeness (QED) is 0.586. The Labute approximate surface area is 207 Å². The van der Waals surface area contributed by atoms with Crippen LogP contribution in [-0.2, 0) is 22.6 Å². The molecular weight excluding hydrogens is 451 g/mol. The van der Waals surface area contributed by atoms with Gasteiger partial charge in [-0.05, 0) is 57.5 Å². The van der Waals surface area contributed by atoms with Crippen molar-refractivity contribution in [2.45, 2.75) is 46.3 Å². The van der Waals surface area contributed by atoms with Crippen molar-refractivity contribution in [3.63, 3.8) is 0 Å². The fourth-order valence-electron chi connectivity index (χ4n) is 3.80. The monoisotopic (exact) mass is 488 g/mol. The summed E-state index contributed by atoms with van der Waals surface area (Å²) in [6.45, 7) is 12.0. The largest absolute Gasteiger partial charge is 0.464 e. The zero-order valence-corrected chi connectivity index (χ0v) is 21.2. The maximum absolute atomic E-state index is 13.5. The standard InChI is InChI=1S/C26H37FN4O4/c1-20-5-10-23(35-20)18-31(17-21-6-8-22(27)9-7-21)24(32)19-30(25(33)28-26(2,3)4)12-11-29-13-15-34-16-14-29/h5-10H,11-19H2,1-4H3,(H,28,33). The zero-order valence-electron chi connectivity index (χ0n) is 21.2. The molecule has 2 aromatic rings. The number of benzene rings is 1. The van der Waals surface area contributed by atoms with Crippen LogP contribution in [0, 0.1) is 12.7 Å². The topological polar surface area (TPSA) is 78.3 Å². The summed E-state index contributed by atoms with van der Waals surface area (Å²) in [5, 5.41) is 2.97. The Morgan fingerprint density at radius 2 is 1.71 bits per heavy atom. The number of nitrogens with zero attached hydrogens (tertiary/aromatic N) is 3. The second-order valence-electron chi connectivity index (χ2n) is 9.94. The molecule has 0 bridgehead atoms. The third-order valence-electron chi connectivity index (χ3n) is 5.67. The van der Waals surface area contributed by atoms with Gasteiger partial charge in [0, 0.05) is 38.3 Å². The first-order valence-electron chi connectivity index (χ1n) is 12.0. The molecule has 0 unspecified atom stereocenters. The molecule has 35 heavy (non-hydrogen) atoms. The lowest BCUT2D eigenvalue weighted by atomic mass is 10.1. The summed E-state index contributed by atoms with van der Waals surface area (Å²) >= 11 is 0. The molecule has 0 spiro atoms. The number of halogens is 1. The SMILES string of the molecule is Cc1ccc(CN(Cc2ccc(F)cc2)C(=O)CN(CCN2CCOCC2)C(=O)NC(C)(C)C)o1. The number of carbonyl (C=O) groups excluding carboxylic acids is 2. The molecule has 192 valence electrons. The molecule has 1 N–H and O–H groups in total. The minimum atomic E-state index is -0.434. The lowest BCUT2D eigenvalue weighted by molar-refractivity contribution is -0.133. The molecule has 2 heterocycles. The summed E-state index contributed by atoms with van der Waals surface area (Å²) in [6.07, 6.45) is 0. The molecular formula is C26H37FN4O4. The number of hydrogen-bond acceptors (Lipinski definition) is 5. The molecule has 8 nitrogen and oxygen atoms in total. The van der Waals surface area contributed by atoms with Gasteiger partial charge < -0.3 is 24.3 Å². The zero-order chi connectivity index (χ0) is 25.4. The Bertz CT molecular complexity index is 964. The van der Waals surface area contributed by atoms with Gasteiger partial charge in [0.2, 0.25) is 5.91 Å². The van der Waals surface area contributed by atoms with Gasteiger partial charge in [0.15, 0.2) is 0 Å². The number of urea groups is 1. The average Bonchev–Trinajstić information content (AvgIpc) is 3.21. The van der Waals surface area contributed by atoms with Crippen LogP contribution in [0.2, 0.25) is 0 Å². The number of furan rings is 1. The van der Waals surface area contributed by atoms with Gasteiger partial charge in [-0.25, -0.2) is 9.18 Å². The van der Waals surface area contributed by atoms with Crippen LogP contribution in [0.25, 0.3) is 0 Å². The maximum atomic E-state index is 13.5. The van der Waals surface area contributed by atoms with Gasteiger partial charge in [-0.3, -0.25) is 9.69 Å². The van der Waals surface area contributed by atoms with E-state index in [0.29, 0.717) is 32.1 Å². The fraction of sp³-hybridized carbons (Fsp3) is 0.538. The summed E-state index contributed by atoms with van der Waals surface area (Å²) in [7, 11) is 0. The molecule has 1 fully saturated rings.